The van der Waals surface area contributed by atoms with Gasteiger partial charge in [0.25, 0.3) is 5.91 Å². The number of ether oxygens (including phenoxy) is 1. The van der Waals surface area contributed by atoms with E-state index < -0.39 is 17.6 Å². The Kier molecular flexibility index (Phi) is 6.66. The van der Waals surface area contributed by atoms with E-state index in [4.69, 9.17) is 4.74 Å². The first-order valence-corrected chi connectivity index (χ1v) is 10.4. The number of nitrogens with zero attached hydrogens (tertiary/aromatic N) is 5. The summed E-state index contributed by atoms with van der Waals surface area (Å²) in [7, 11) is 4.89. The number of likely N-dealkylation sites (N-methyl/N-ethyl adjacent to an activating group) is 1. The lowest BCUT2D eigenvalue weighted by Gasteiger charge is -2.24. The molecule has 10 nitrogen and oxygen atoms in total. The number of carbonyl (C=O) groups is 3. The average molecular weight is 453 g/mol. The molecule has 0 saturated carbocycles. The monoisotopic (exact) mass is 452 g/mol. The fourth-order valence-electron chi connectivity index (χ4n) is 2.98. The highest BCUT2D eigenvalue weighted by molar-refractivity contribution is 5.95. The molecule has 0 spiro atoms. The molecular formula is C23H28N6O4. The Morgan fingerprint density at radius 3 is 2.45 bits per heavy atom. The zero-order valence-corrected chi connectivity index (χ0v) is 19.6. The Labute approximate surface area is 192 Å². The minimum absolute atomic E-state index is 0.0833. The zero-order chi connectivity index (χ0) is 24.3. The second-order valence-electron chi connectivity index (χ2n) is 8.82. The lowest BCUT2D eigenvalue weighted by atomic mass is 10.0. The van der Waals surface area contributed by atoms with Crippen LogP contribution in [-0.4, -0.2) is 75.6 Å². The van der Waals surface area contributed by atoms with Gasteiger partial charge in [0, 0.05) is 38.5 Å². The number of nitrogens with one attached hydrogen (secondary N) is 1. The molecule has 0 radical (unpaired) electrons. The summed E-state index contributed by atoms with van der Waals surface area (Å²) in [5.74, 6) is -0.416. The molecule has 2 heterocycles. The number of hydrogen-bond acceptors (Lipinski definition) is 6. The number of pyridine rings is 1. The molecule has 0 aliphatic heterocycles. The molecule has 1 N–H and O–H groups in total. The molecule has 0 fully saturated rings. The minimum atomic E-state index is -0.651. The van der Waals surface area contributed by atoms with Crippen LogP contribution in [0.25, 0.3) is 16.8 Å². The number of benzene rings is 1. The number of rotatable bonds is 5. The summed E-state index contributed by atoms with van der Waals surface area (Å²) in [5.41, 5.74) is 2.16. The van der Waals surface area contributed by atoms with Gasteiger partial charge in [0.05, 0.1) is 0 Å². The van der Waals surface area contributed by atoms with E-state index in [1.807, 2.05) is 24.3 Å². The maximum atomic E-state index is 12.3. The number of hydrogen-bond donors (Lipinski definition) is 1. The van der Waals surface area contributed by atoms with Gasteiger partial charge < -0.3 is 14.5 Å². The smallest absolute Gasteiger partial charge is 0.410 e. The third-order valence-electron chi connectivity index (χ3n) is 4.52. The Balaban J connectivity index is 1.73. The highest BCUT2D eigenvalue weighted by Gasteiger charge is 2.21. The van der Waals surface area contributed by atoms with Crippen molar-refractivity contribution in [2.45, 2.75) is 26.4 Å². The van der Waals surface area contributed by atoms with Crippen LogP contribution in [0.3, 0.4) is 0 Å². The Morgan fingerprint density at radius 1 is 1.06 bits per heavy atom. The first kappa shape index (κ1) is 23.7. The van der Waals surface area contributed by atoms with Crippen LogP contribution in [0.1, 0.15) is 31.1 Å². The van der Waals surface area contributed by atoms with Crippen molar-refractivity contribution in [3.8, 4) is 11.1 Å². The summed E-state index contributed by atoms with van der Waals surface area (Å²) in [6.07, 6.45) is 1.17. The SMILES string of the molecule is CN(C)C(=O)c1cccc(-c2ccc3nc(NC(=O)CN(C)C(=O)OC(C)(C)C)nn3c2)c1. The van der Waals surface area contributed by atoms with Crippen LogP contribution < -0.4 is 5.32 Å². The predicted octanol–water partition coefficient (Wildman–Crippen LogP) is 2.90. The summed E-state index contributed by atoms with van der Waals surface area (Å²) < 4.78 is 6.78. The van der Waals surface area contributed by atoms with Gasteiger partial charge in [0.1, 0.15) is 12.1 Å². The predicted molar refractivity (Wildman–Crippen MR) is 124 cm³/mol. The third kappa shape index (κ3) is 6.06. The molecule has 0 aliphatic carbocycles. The standard InChI is InChI=1S/C23H28N6O4/c1-23(2,3)33-22(32)28(6)14-19(30)25-21-24-18-11-10-17(13-29(18)26-21)15-8-7-9-16(12-15)20(31)27(4)5/h7-13H,14H2,1-6H3,(H,25,26,30). The zero-order valence-electron chi connectivity index (χ0n) is 19.6. The summed E-state index contributed by atoms with van der Waals surface area (Å²) >= 11 is 0. The van der Waals surface area contributed by atoms with Crippen LogP contribution in [0.5, 0.6) is 0 Å². The number of anilines is 1. The molecule has 1 aromatic carbocycles. The van der Waals surface area contributed by atoms with E-state index in [1.54, 1.807) is 57.7 Å². The molecule has 0 atom stereocenters. The molecule has 174 valence electrons. The van der Waals surface area contributed by atoms with Crippen LogP contribution in [-0.2, 0) is 9.53 Å². The van der Waals surface area contributed by atoms with E-state index >= 15 is 0 Å². The number of aromatic nitrogens is 3. The summed E-state index contributed by atoms with van der Waals surface area (Å²) in [6, 6.07) is 10.9. The van der Waals surface area contributed by atoms with E-state index in [1.165, 1.54) is 16.8 Å². The summed E-state index contributed by atoms with van der Waals surface area (Å²) in [5, 5.41) is 6.89. The van der Waals surface area contributed by atoms with Crippen molar-refractivity contribution in [1.29, 1.82) is 0 Å². The second-order valence-corrected chi connectivity index (χ2v) is 8.82. The van der Waals surface area contributed by atoms with Crippen LogP contribution >= 0.6 is 0 Å². The summed E-state index contributed by atoms with van der Waals surface area (Å²) in [6.45, 7) is 5.06. The van der Waals surface area contributed by atoms with Gasteiger partial charge in [-0.2, -0.15) is 4.98 Å². The van der Waals surface area contributed by atoms with E-state index in [0.29, 0.717) is 11.2 Å². The average Bonchev–Trinajstić information content (AvgIpc) is 3.13. The molecule has 3 amide bonds. The molecule has 2 aromatic heterocycles. The van der Waals surface area contributed by atoms with Crippen molar-refractivity contribution in [3.05, 3.63) is 48.2 Å². The third-order valence-corrected chi connectivity index (χ3v) is 4.52. The largest absolute Gasteiger partial charge is 0.444 e. The van der Waals surface area contributed by atoms with Crippen molar-refractivity contribution in [1.82, 2.24) is 24.4 Å². The molecule has 0 unspecified atom stereocenters. The van der Waals surface area contributed by atoms with Crippen LogP contribution in [0, 0.1) is 0 Å². The maximum Gasteiger partial charge on any atom is 0.410 e. The molecule has 0 saturated heterocycles. The van der Waals surface area contributed by atoms with E-state index in [9.17, 15) is 14.4 Å². The van der Waals surface area contributed by atoms with Gasteiger partial charge in [0.2, 0.25) is 11.9 Å². The number of carbonyl (C=O) groups excluding carboxylic acids is 3. The Morgan fingerprint density at radius 2 is 1.79 bits per heavy atom. The topological polar surface area (TPSA) is 109 Å². The van der Waals surface area contributed by atoms with Crippen molar-refractivity contribution < 1.29 is 19.1 Å². The maximum absolute atomic E-state index is 12.3. The van der Waals surface area contributed by atoms with Crippen molar-refractivity contribution >= 4 is 29.5 Å². The quantitative estimate of drug-likeness (QED) is 0.638. The first-order chi connectivity index (χ1) is 15.4. The molecule has 10 heteroatoms. The van der Waals surface area contributed by atoms with E-state index in [0.717, 1.165) is 11.1 Å². The fraction of sp³-hybridized carbons (Fsp3) is 0.348. The van der Waals surface area contributed by atoms with Gasteiger partial charge in [-0.1, -0.05) is 12.1 Å². The van der Waals surface area contributed by atoms with Gasteiger partial charge in [-0.15, -0.1) is 5.10 Å². The first-order valence-electron chi connectivity index (χ1n) is 10.4. The number of fused-ring (bicyclic) bond motifs is 1. The van der Waals surface area contributed by atoms with Crippen LogP contribution in [0.15, 0.2) is 42.6 Å². The molecule has 0 bridgehead atoms. The minimum Gasteiger partial charge on any atom is -0.444 e. The lowest BCUT2D eigenvalue weighted by Crippen LogP contribution is -2.38. The second kappa shape index (κ2) is 9.27. The molecule has 33 heavy (non-hydrogen) atoms. The molecular weight excluding hydrogens is 424 g/mol. The van der Waals surface area contributed by atoms with Crippen LogP contribution in [0.4, 0.5) is 10.7 Å². The highest BCUT2D eigenvalue weighted by atomic mass is 16.6. The molecule has 3 rings (SSSR count). The number of amides is 3. The van der Waals surface area contributed by atoms with Gasteiger partial charge in [0.15, 0.2) is 5.65 Å². The van der Waals surface area contributed by atoms with E-state index in [-0.39, 0.29) is 18.4 Å². The van der Waals surface area contributed by atoms with Gasteiger partial charge >= 0.3 is 6.09 Å². The molecule has 0 aliphatic rings. The summed E-state index contributed by atoms with van der Waals surface area (Å²) in [4.78, 5) is 43.6. The van der Waals surface area contributed by atoms with Gasteiger partial charge in [-0.05, 0) is 50.6 Å². The normalized spacial score (nSPS) is 11.2. The van der Waals surface area contributed by atoms with Gasteiger partial charge in [-0.25, -0.2) is 9.31 Å². The Bertz CT molecular complexity index is 1200. The fourth-order valence-corrected chi connectivity index (χ4v) is 2.98. The molecule has 3 aromatic rings. The lowest BCUT2D eigenvalue weighted by molar-refractivity contribution is -0.117. The van der Waals surface area contributed by atoms with Gasteiger partial charge in [-0.3, -0.25) is 14.9 Å². The van der Waals surface area contributed by atoms with Crippen molar-refractivity contribution in [3.63, 3.8) is 0 Å². The van der Waals surface area contributed by atoms with Crippen molar-refractivity contribution in [2.24, 2.45) is 0 Å². The van der Waals surface area contributed by atoms with Crippen LogP contribution in [0.2, 0.25) is 0 Å². The van der Waals surface area contributed by atoms with Crippen molar-refractivity contribution in [2.75, 3.05) is 33.0 Å². The van der Waals surface area contributed by atoms with E-state index in [2.05, 4.69) is 15.4 Å². The highest BCUT2D eigenvalue weighted by Crippen LogP contribution is 2.22. The Hall–Kier alpha value is -3.95.